The number of nitrogens with zero attached hydrogens (tertiary/aromatic N) is 4. The Morgan fingerprint density at radius 2 is 1.75 bits per heavy atom. The second-order valence-electron chi connectivity index (χ2n) is 6.51. The van der Waals surface area contributed by atoms with Gasteiger partial charge in [0.15, 0.2) is 0 Å². The third-order valence-corrected chi connectivity index (χ3v) is 4.91. The zero-order chi connectivity index (χ0) is 16.5. The van der Waals surface area contributed by atoms with Gasteiger partial charge in [0.25, 0.3) is 5.91 Å². The maximum Gasteiger partial charge on any atom is 0.276 e. The minimum atomic E-state index is -0.00377. The van der Waals surface area contributed by atoms with E-state index in [4.69, 9.17) is 0 Å². The van der Waals surface area contributed by atoms with Crippen LogP contribution in [-0.2, 0) is 6.42 Å². The van der Waals surface area contributed by atoms with E-state index < -0.39 is 0 Å². The number of hydrogen-bond acceptors (Lipinski definition) is 4. The summed E-state index contributed by atoms with van der Waals surface area (Å²) in [7, 11) is 2.13. The summed E-state index contributed by atoms with van der Waals surface area (Å²) in [5.74, 6) is 0.900. The summed E-state index contributed by atoms with van der Waals surface area (Å²) >= 11 is 0. The fraction of sp³-hybridized carbons (Fsp3) is 0.368. The van der Waals surface area contributed by atoms with Gasteiger partial charge in [0.05, 0.1) is 0 Å². The first-order valence-electron chi connectivity index (χ1n) is 8.53. The average Bonchev–Trinajstić information content (AvgIpc) is 3.06. The molecule has 2 aliphatic heterocycles. The second-order valence-corrected chi connectivity index (χ2v) is 6.51. The van der Waals surface area contributed by atoms with Gasteiger partial charge in [-0.05, 0) is 37.2 Å². The highest BCUT2D eigenvalue weighted by Gasteiger charge is 2.26. The van der Waals surface area contributed by atoms with Crippen molar-refractivity contribution in [1.82, 2.24) is 9.88 Å². The van der Waals surface area contributed by atoms with Crippen LogP contribution in [0.25, 0.3) is 0 Å². The van der Waals surface area contributed by atoms with Crippen molar-refractivity contribution in [3.05, 3.63) is 53.7 Å². The highest BCUT2D eigenvalue weighted by molar-refractivity contribution is 6.06. The van der Waals surface area contributed by atoms with Crippen LogP contribution < -0.4 is 9.80 Å². The van der Waals surface area contributed by atoms with Crippen molar-refractivity contribution in [3.8, 4) is 0 Å². The summed E-state index contributed by atoms with van der Waals surface area (Å²) in [5, 5.41) is 0. The minimum Gasteiger partial charge on any atom is -0.354 e. The van der Waals surface area contributed by atoms with Crippen LogP contribution in [0.3, 0.4) is 0 Å². The highest BCUT2D eigenvalue weighted by atomic mass is 16.2. The molecule has 3 heterocycles. The fourth-order valence-electron chi connectivity index (χ4n) is 3.44. The summed E-state index contributed by atoms with van der Waals surface area (Å²) in [6, 6.07) is 13.9. The molecule has 5 heteroatoms. The Morgan fingerprint density at radius 1 is 0.958 bits per heavy atom. The summed E-state index contributed by atoms with van der Waals surface area (Å²) < 4.78 is 0. The first kappa shape index (κ1) is 15.1. The van der Waals surface area contributed by atoms with E-state index in [-0.39, 0.29) is 5.91 Å². The third-order valence-electron chi connectivity index (χ3n) is 4.91. The topological polar surface area (TPSA) is 39.7 Å². The zero-order valence-electron chi connectivity index (χ0n) is 14.0. The number of pyridine rings is 1. The van der Waals surface area contributed by atoms with Gasteiger partial charge in [-0.1, -0.05) is 24.3 Å². The van der Waals surface area contributed by atoms with E-state index in [9.17, 15) is 4.79 Å². The van der Waals surface area contributed by atoms with Gasteiger partial charge in [0.1, 0.15) is 11.5 Å². The van der Waals surface area contributed by atoms with Crippen LogP contribution in [0, 0.1) is 0 Å². The van der Waals surface area contributed by atoms with Crippen molar-refractivity contribution in [2.75, 3.05) is 49.6 Å². The molecule has 1 aromatic heterocycles. The number of carbonyl (C=O) groups excluding carboxylic acids is 1. The molecule has 0 atom stereocenters. The molecular formula is C19H22N4O. The molecule has 124 valence electrons. The van der Waals surface area contributed by atoms with Gasteiger partial charge in [-0.25, -0.2) is 4.98 Å². The number of benzene rings is 1. The van der Waals surface area contributed by atoms with E-state index in [2.05, 4.69) is 27.9 Å². The summed E-state index contributed by atoms with van der Waals surface area (Å²) in [4.78, 5) is 24.0. The van der Waals surface area contributed by atoms with E-state index in [1.807, 2.05) is 41.3 Å². The van der Waals surface area contributed by atoms with Crippen molar-refractivity contribution < 1.29 is 4.79 Å². The minimum absolute atomic E-state index is 0.00377. The Bertz CT molecular complexity index is 753. The number of hydrogen-bond donors (Lipinski definition) is 0. The lowest BCUT2D eigenvalue weighted by Crippen LogP contribution is -2.45. The molecule has 1 fully saturated rings. The normalized spacial score (nSPS) is 17.9. The molecular weight excluding hydrogens is 300 g/mol. The van der Waals surface area contributed by atoms with Gasteiger partial charge >= 0.3 is 0 Å². The SMILES string of the molecule is CN1CCN(c2cccc(C(=O)N3CCc4ccccc43)n2)CC1. The van der Waals surface area contributed by atoms with Crippen LogP contribution in [0.2, 0.25) is 0 Å². The number of rotatable bonds is 2. The van der Waals surface area contributed by atoms with Gasteiger partial charge in [-0.2, -0.15) is 0 Å². The molecule has 1 saturated heterocycles. The maximum atomic E-state index is 12.9. The van der Waals surface area contributed by atoms with Crippen LogP contribution in [0.15, 0.2) is 42.5 Å². The van der Waals surface area contributed by atoms with Crippen LogP contribution >= 0.6 is 0 Å². The summed E-state index contributed by atoms with van der Waals surface area (Å²) in [5.41, 5.74) is 2.79. The highest BCUT2D eigenvalue weighted by Crippen LogP contribution is 2.28. The standard InChI is InChI=1S/C19H22N4O/c1-21-11-13-22(14-12-21)18-8-4-6-16(20-18)19(24)23-10-9-15-5-2-3-7-17(15)23/h2-8H,9-14H2,1H3. The van der Waals surface area contributed by atoms with Crippen LogP contribution in [0.4, 0.5) is 11.5 Å². The van der Waals surface area contributed by atoms with Crippen LogP contribution in [-0.4, -0.2) is 55.6 Å². The lowest BCUT2D eigenvalue weighted by molar-refractivity contribution is 0.0984. The van der Waals surface area contributed by atoms with Crippen molar-refractivity contribution in [2.45, 2.75) is 6.42 Å². The molecule has 0 bridgehead atoms. The lowest BCUT2D eigenvalue weighted by atomic mass is 10.2. The maximum absolute atomic E-state index is 12.9. The predicted octanol–water partition coefficient (Wildman–Crippen LogP) is 2.04. The van der Waals surface area contributed by atoms with Gasteiger partial charge in [0.2, 0.25) is 0 Å². The number of anilines is 2. The van der Waals surface area contributed by atoms with E-state index in [1.54, 1.807) is 0 Å². The molecule has 0 aliphatic carbocycles. The number of carbonyl (C=O) groups is 1. The summed E-state index contributed by atoms with van der Waals surface area (Å²) in [6.07, 6.45) is 0.917. The Balaban J connectivity index is 1.57. The largest absolute Gasteiger partial charge is 0.354 e. The Hall–Kier alpha value is -2.40. The Labute approximate surface area is 142 Å². The lowest BCUT2D eigenvalue weighted by Gasteiger charge is -2.33. The van der Waals surface area contributed by atoms with Gasteiger partial charge < -0.3 is 14.7 Å². The number of aromatic nitrogens is 1. The smallest absolute Gasteiger partial charge is 0.276 e. The zero-order valence-corrected chi connectivity index (χ0v) is 14.0. The van der Waals surface area contributed by atoms with Crippen LogP contribution in [0.1, 0.15) is 16.1 Å². The average molecular weight is 322 g/mol. The molecule has 0 N–H and O–H groups in total. The van der Waals surface area contributed by atoms with E-state index in [1.165, 1.54) is 5.56 Å². The van der Waals surface area contributed by atoms with Crippen molar-refractivity contribution in [2.24, 2.45) is 0 Å². The molecule has 0 saturated carbocycles. The molecule has 0 unspecified atom stereocenters. The van der Waals surface area contributed by atoms with Crippen molar-refractivity contribution in [1.29, 1.82) is 0 Å². The number of fused-ring (bicyclic) bond motifs is 1. The quantitative estimate of drug-likeness (QED) is 0.848. The predicted molar refractivity (Wildman–Crippen MR) is 95.8 cm³/mol. The molecule has 4 rings (SSSR count). The summed E-state index contributed by atoms with van der Waals surface area (Å²) in [6.45, 7) is 4.69. The molecule has 0 spiro atoms. The molecule has 24 heavy (non-hydrogen) atoms. The molecule has 1 aromatic carbocycles. The Morgan fingerprint density at radius 3 is 2.58 bits per heavy atom. The molecule has 5 nitrogen and oxygen atoms in total. The monoisotopic (exact) mass is 322 g/mol. The third kappa shape index (κ3) is 2.76. The molecule has 0 radical (unpaired) electrons. The molecule has 1 amide bonds. The van der Waals surface area contributed by atoms with E-state index in [0.29, 0.717) is 5.69 Å². The number of likely N-dealkylation sites (N-methyl/N-ethyl adjacent to an activating group) is 1. The van der Waals surface area contributed by atoms with Gasteiger partial charge in [0, 0.05) is 38.4 Å². The van der Waals surface area contributed by atoms with E-state index in [0.717, 1.165) is 50.6 Å². The van der Waals surface area contributed by atoms with Gasteiger partial charge in [-0.3, -0.25) is 4.79 Å². The molecule has 2 aromatic rings. The van der Waals surface area contributed by atoms with Crippen molar-refractivity contribution >= 4 is 17.4 Å². The number of piperazine rings is 1. The van der Waals surface area contributed by atoms with Gasteiger partial charge in [-0.15, -0.1) is 0 Å². The fourth-order valence-corrected chi connectivity index (χ4v) is 3.44. The van der Waals surface area contributed by atoms with Crippen molar-refractivity contribution in [3.63, 3.8) is 0 Å². The Kier molecular flexibility index (Phi) is 3.94. The first-order chi connectivity index (χ1) is 11.7. The number of para-hydroxylation sites is 1. The first-order valence-corrected chi connectivity index (χ1v) is 8.53. The second kappa shape index (κ2) is 6.24. The number of amides is 1. The molecule has 2 aliphatic rings. The van der Waals surface area contributed by atoms with E-state index >= 15 is 0 Å². The van der Waals surface area contributed by atoms with Crippen LogP contribution in [0.5, 0.6) is 0 Å².